The number of furan rings is 1. The second kappa shape index (κ2) is 12.0. The van der Waals surface area contributed by atoms with Gasteiger partial charge in [-0.15, -0.1) is 12.4 Å². The number of nitrogens with one attached hydrogen (secondary N) is 3. The molecule has 26 heavy (non-hydrogen) atoms. The quantitative estimate of drug-likeness (QED) is 0.474. The second-order valence-electron chi connectivity index (χ2n) is 7.11. The number of hydrogen-bond acceptors (Lipinski definition) is 4. The largest absolute Gasteiger partial charge is 0.459 e. The summed E-state index contributed by atoms with van der Waals surface area (Å²) in [6.45, 7) is 5.15. The Morgan fingerprint density at radius 3 is 2.42 bits per heavy atom. The molecule has 1 aromatic heterocycles. The summed E-state index contributed by atoms with van der Waals surface area (Å²) in [6, 6.07) is 3.23. The molecule has 1 unspecified atom stereocenters. The van der Waals surface area contributed by atoms with Crippen molar-refractivity contribution in [2.24, 2.45) is 5.92 Å². The van der Waals surface area contributed by atoms with Gasteiger partial charge in [-0.3, -0.25) is 9.59 Å². The van der Waals surface area contributed by atoms with Crippen LogP contribution in [0.2, 0.25) is 0 Å². The van der Waals surface area contributed by atoms with E-state index in [0.29, 0.717) is 12.6 Å². The van der Waals surface area contributed by atoms with Gasteiger partial charge in [0.25, 0.3) is 5.91 Å². The standard InChI is InChI=1S/C19H31N3O3.ClH/c1-14(2)17(22-18(23)16-10-7-13-25-16)19(24)21-12-11-20-15-8-5-3-4-6-9-15;/h7,10,13-15,17,20H,3-6,8-9,11-12H2,1-2H3,(H,21,24)(H,22,23);1H. The summed E-state index contributed by atoms with van der Waals surface area (Å²) in [5.41, 5.74) is 0. The van der Waals surface area contributed by atoms with Crippen molar-refractivity contribution >= 4 is 24.2 Å². The molecule has 1 atom stereocenters. The molecule has 1 fully saturated rings. The fourth-order valence-electron chi connectivity index (χ4n) is 3.21. The van der Waals surface area contributed by atoms with E-state index in [4.69, 9.17) is 4.42 Å². The summed E-state index contributed by atoms with van der Waals surface area (Å²) in [5, 5.41) is 9.21. The molecule has 7 heteroatoms. The van der Waals surface area contributed by atoms with Crippen molar-refractivity contribution in [3.05, 3.63) is 24.2 Å². The molecule has 1 heterocycles. The molecular weight excluding hydrogens is 354 g/mol. The van der Waals surface area contributed by atoms with Gasteiger partial charge in [-0.25, -0.2) is 0 Å². The van der Waals surface area contributed by atoms with E-state index < -0.39 is 6.04 Å². The van der Waals surface area contributed by atoms with Gasteiger partial charge in [0.15, 0.2) is 5.76 Å². The Hall–Kier alpha value is -1.53. The molecule has 0 bridgehead atoms. The van der Waals surface area contributed by atoms with Gasteiger partial charge in [-0.1, -0.05) is 39.5 Å². The molecule has 0 aromatic carbocycles. The van der Waals surface area contributed by atoms with Crippen molar-refractivity contribution in [2.45, 2.75) is 64.5 Å². The third kappa shape index (κ3) is 7.38. The summed E-state index contributed by atoms with van der Waals surface area (Å²) >= 11 is 0. The zero-order chi connectivity index (χ0) is 18.1. The number of halogens is 1. The van der Waals surface area contributed by atoms with E-state index in [1.807, 2.05) is 13.8 Å². The smallest absolute Gasteiger partial charge is 0.287 e. The maximum atomic E-state index is 12.4. The van der Waals surface area contributed by atoms with Gasteiger partial charge < -0.3 is 20.4 Å². The number of hydrogen-bond donors (Lipinski definition) is 3. The molecule has 1 aliphatic rings. The van der Waals surface area contributed by atoms with E-state index >= 15 is 0 Å². The van der Waals surface area contributed by atoms with Crippen molar-refractivity contribution in [1.82, 2.24) is 16.0 Å². The molecule has 0 aliphatic heterocycles. The maximum absolute atomic E-state index is 12.4. The number of amides is 2. The van der Waals surface area contributed by atoms with Gasteiger partial charge in [0.1, 0.15) is 6.04 Å². The summed E-state index contributed by atoms with van der Waals surface area (Å²) in [7, 11) is 0. The Labute approximate surface area is 162 Å². The molecule has 0 saturated heterocycles. The summed E-state index contributed by atoms with van der Waals surface area (Å²) in [6.07, 6.45) is 9.14. The van der Waals surface area contributed by atoms with E-state index in [2.05, 4.69) is 16.0 Å². The van der Waals surface area contributed by atoms with Crippen LogP contribution in [0.4, 0.5) is 0 Å². The minimum Gasteiger partial charge on any atom is -0.459 e. The van der Waals surface area contributed by atoms with Crippen LogP contribution in [0.3, 0.4) is 0 Å². The first kappa shape index (κ1) is 22.5. The minimum atomic E-state index is -0.574. The molecule has 6 nitrogen and oxygen atoms in total. The summed E-state index contributed by atoms with van der Waals surface area (Å²) in [5.74, 6) is -0.310. The molecule has 1 aliphatic carbocycles. The van der Waals surface area contributed by atoms with Crippen molar-refractivity contribution in [1.29, 1.82) is 0 Å². The van der Waals surface area contributed by atoms with Crippen LogP contribution < -0.4 is 16.0 Å². The lowest BCUT2D eigenvalue weighted by Gasteiger charge is -2.22. The topological polar surface area (TPSA) is 83.4 Å². The molecule has 1 saturated carbocycles. The average molecular weight is 386 g/mol. The zero-order valence-corrected chi connectivity index (χ0v) is 16.6. The van der Waals surface area contributed by atoms with Crippen LogP contribution in [0.5, 0.6) is 0 Å². The summed E-state index contributed by atoms with van der Waals surface area (Å²) in [4.78, 5) is 24.5. The highest BCUT2D eigenvalue weighted by molar-refractivity contribution is 5.95. The first-order valence-electron chi connectivity index (χ1n) is 9.43. The van der Waals surface area contributed by atoms with Gasteiger partial charge in [0.2, 0.25) is 5.91 Å². The third-order valence-electron chi connectivity index (χ3n) is 4.69. The fourth-order valence-corrected chi connectivity index (χ4v) is 3.21. The van der Waals surface area contributed by atoms with Crippen LogP contribution in [-0.2, 0) is 4.79 Å². The molecule has 0 spiro atoms. The SMILES string of the molecule is CC(C)C(NC(=O)c1ccco1)C(=O)NCCNC1CCCCCC1.Cl. The summed E-state index contributed by atoms with van der Waals surface area (Å²) < 4.78 is 5.08. The maximum Gasteiger partial charge on any atom is 0.287 e. The van der Waals surface area contributed by atoms with E-state index in [-0.39, 0.29) is 35.9 Å². The normalized spacial score (nSPS) is 16.4. The van der Waals surface area contributed by atoms with E-state index in [1.54, 1.807) is 12.1 Å². The first-order chi connectivity index (χ1) is 12.1. The van der Waals surface area contributed by atoms with Gasteiger partial charge in [0.05, 0.1) is 6.26 Å². The highest BCUT2D eigenvalue weighted by atomic mass is 35.5. The Balaban J connectivity index is 0.00000338. The molecule has 1 aromatic rings. The van der Waals surface area contributed by atoms with Crippen molar-refractivity contribution in [3.63, 3.8) is 0 Å². The highest BCUT2D eigenvalue weighted by Crippen LogP contribution is 2.16. The number of carbonyl (C=O) groups is 2. The highest BCUT2D eigenvalue weighted by Gasteiger charge is 2.25. The van der Waals surface area contributed by atoms with Crippen molar-refractivity contribution < 1.29 is 14.0 Å². The predicted molar refractivity (Wildman–Crippen MR) is 105 cm³/mol. The molecule has 0 radical (unpaired) electrons. The lowest BCUT2D eigenvalue weighted by atomic mass is 10.0. The third-order valence-corrected chi connectivity index (χ3v) is 4.69. The van der Waals surface area contributed by atoms with Crippen molar-refractivity contribution in [2.75, 3.05) is 13.1 Å². The zero-order valence-electron chi connectivity index (χ0n) is 15.8. The molecule has 3 N–H and O–H groups in total. The lowest BCUT2D eigenvalue weighted by Crippen LogP contribution is -2.51. The van der Waals surface area contributed by atoms with Crippen LogP contribution in [0, 0.1) is 5.92 Å². The molecule has 2 amide bonds. The van der Waals surface area contributed by atoms with Gasteiger partial charge in [-0.05, 0) is 30.9 Å². The van der Waals surface area contributed by atoms with E-state index in [1.165, 1.54) is 44.8 Å². The van der Waals surface area contributed by atoms with Crippen LogP contribution in [0.15, 0.2) is 22.8 Å². The monoisotopic (exact) mass is 385 g/mol. The number of carbonyl (C=O) groups excluding carboxylic acids is 2. The Bertz CT molecular complexity index is 526. The lowest BCUT2D eigenvalue weighted by molar-refractivity contribution is -0.123. The molecular formula is C19H32ClN3O3. The first-order valence-corrected chi connectivity index (χ1v) is 9.43. The van der Waals surface area contributed by atoms with Gasteiger partial charge in [-0.2, -0.15) is 0 Å². The molecule has 2 rings (SSSR count). The fraction of sp³-hybridized carbons (Fsp3) is 0.684. The Morgan fingerprint density at radius 2 is 1.85 bits per heavy atom. The van der Waals surface area contributed by atoms with Crippen LogP contribution >= 0.6 is 12.4 Å². The second-order valence-corrected chi connectivity index (χ2v) is 7.11. The van der Waals surface area contributed by atoms with Crippen molar-refractivity contribution in [3.8, 4) is 0 Å². The predicted octanol–water partition coefficient (Wildman–Crippen LogP) is 2.88. The molecule has 148 valence electrons. The van der Waals surface area contributed by atoms with Crippen LogP contribution in [0.1, 0.15) is 62.9 Å². The van der Waals surface area contributed by atoms with E-state index in [0.717, 1.165) is 6.54 Å². The van der Waals surface area contributed by atoms with Gasteiger partial charge in [0, 0.05) is 19.1 Å². The van der Waals surface area contributed by atoms with Crippen LogP contribution in [-0.4, -0.2) is 37.0 Å². The van der Waals surface area contributed by atoms with Crippen LogP contribution in [0.25, 0.3) is 0 Å². The van der Waals surface area contributed by atoms with Gasteiger partial charge >= 0.3 is 0 Å². The minimum absolute atomic E-state index is 0. The van der Waals surface area contributed by atoms with E-state index in [9.17, 15) is 9.59 Å². The average Bonchev–Trinajstić information content (AvgIpc) is 3.00. The Morgan fingerprint density at radius 1 is 1.15 bits per heavy atom. The Kier molecular flexibility index (Phi) is 10.4. The number of rotatable bonds is 8.